The van der Waals surface area contributed by atoms with Crippen molar-refractivity contribution in [1.29, 1.82) is 0 Å². The molecule has 0 radical (unpaired) electrons. The Bertz CT molecular complexity index is 282. The molecule has 0 spiro atoms. The summed E-state index contributed by atoms with van der Waals surface area (Å²) >= 11 is 1.78. The molecule has 1 rings (SSSR count). The van der Waals surface area contributed by atoms with Crippen LogP contribution in [-0.4, -0.2) is 15.8 Å². The molecule has 0 aliphatic heterocycles. The number of thioether (sulfide) groups is 1. The van der Waals surface area contributed by atoms with Crippen LogP contribution in [0.5, 0.6) is 0 Å². The van der Waals surface area contributed by atoms with Crippen LogP contribution < -0.4 is 0 Å². The predicted molar refractivity (Wildman–Crippen MR) is 65.0 cm³/mol. The van der Waals surface area contributed by atoms with Crippen LogP contribution in [0.3, 0.4) is 0 Å². The zero-order chi connectivity index (χ0) is 11.3. The van der Waals surface area contributed by atoms with Crippen molar-refractivity contribution in [1.82, 2.24) is 4.98 Å². The minimum absolute atomic E-state index is 0.424. The number of hydrogen-bond donors (Lipinski definition) is 1. The first-order chi connectivity index (χ1) is 7.09. The molecule has 1 aromatic heterocycles. The third kappa shape index (κ3) is 4.67. The van der Waals surface area contributed by atoms with Crippen molar-refractivity contribution < 1.29 is 5.11 Å². The van der Waals surface area contributed by atoms with Gasteiger partial charge in [0, 0.05) is 6.20 Å². The highest BCUT2D eigenvalue weighted by Gasteiger charge is 2.02. The van der Waals surface area contributed by atoms with Crippen molar-refractivity contribution in [3.63, 3.8) is 0 Å². The van der Waals surface area contributed by atoms with Crippen LogP contribution in [0.4, 0.5) is 0 Å². The van der Waals surface area contributed by atoms with Gasteiger partial charge in [-0.25, -0.2) is 4.98 Å². The minimum Gasteiger partial charge on any atom is -0.389 e. The maximum Gasteiger partial charge on any atom is 0.0960 e. The second-order valence-corrected chi connectivity index (χ2v) is 5.25. The zero-order valence-electron chi connectivity index (χ0n) is 9.60. The third-order valence-corrected chi connectivity index (χ3v) is 3.16. The third-order valence-electron chi connectivity index (χ3n) is 2.19. The van der Waals surface area contributed by atoms with Gasteiger partial charge in [0.15, 0.2) is 0 Å². The summed E-state index contributed by atoms with van der Waals surface area (Å²) in [6, 6.07) is 3.92. The fraction of sp³-hybridized carbons (Fsp3) is 0.583. The summed E-state index contributed by atoms with van der Waals surface area (Å²) in [6.07, 6.45) is 2.54. The molecule has 0 aliphatic rings. The van der Waals surface area contributed by atoms with Gasteiger partial charge < -0.3 is 5.11 Å². The summed E-state index contributed by atoms with van der Waals surface area (Å²) < 4.78 is 0. The highest BCUT2D eigenvalue weighted by Crippen LogP contribution is 2.20. The molecule has 0 bridgehead atoms. The predicted octanol–water partition coefficient (Wildman–Crippen LogP) is 3.27. The van der Waals surface area contributed by atoms with E-state index in [-0.39, 0.29) is 0 Å². The van der Waals surface area contributed by atoms with Gasteiger partial charge in [-0.2, -0.15) is 0 Å². The lowest BCUT2D eigenvalue weighted by atomic mass is 10.2. The van der Waals surface area contributed by atoms with Crippen molar-refractivity contribution in [2.24, 2.45) is 5.92 Å². The van der Waals surface area contributed by atoms with Crippen LogP contribution in [0.1, 0.15) is 38.9 Å². The topological polar surface area (TPSA) is 33.1 Å². The summed E-state index contributed by atoms with van der Waals surface area (Å²) in [5, 5.41) is 10.4. The fourth-order valence-corrected chi connectivity index (χ4v) is 2.21. The average molecular weight is 225 g/mol. The number of aromatic nitrogens is 1. The van der Waals surface area contributed by atoms with Gasteiger partial charge in [0.05, 0.1) is 11.1 Å². The Balaban J connectivity index is 2.43. The summed E-state index contributed by atoms with van der Waals surface area (Å²) in [7, 11) is 0. The maximum atomic E-state index is 9.32. The molecule has 0 saturated heterocycles. The van der Waals surface area contributed by atoms with Gasteiger partial charge in [-0.3, -0.25) is 0 Å². The number of pyridine rings is 1. The summed E-state index contributed by atoms with van der Waals surface area (Å²) in [5.41, 5.74) is 0.878. The summed E-state index contributed by atoms with van der Waals surface area (Å²) in [6.45, 7) is 6.21. The highest BCUT2D eigenvalue weighted by atomic mass is 32.2. The van der Waals surface area contributed by atoms with E-state index < -0.39 is 6.10 Å². The van der Waals surface area contributed by atoms with E-state index in [1.54, 1.807) is 24.9 Å². The molecule has 84 valence electrons. The SMILES string of the molecule is CC(C)CCSc1ccc([C@@H](C)O)cn1. The van der Waals surface area contributed by atoms with E-state index in [0.29, 0.717) is 0 Å². The first-order valence-electron chi connectivity index (χ1n) is 5.36. The number of rotatable bonds is 5. The minimum atomic E-state index is -0.424. The van der Waals surface area contributed by atoms with Gasteiger partial charge in [-0.15, -0.1) is 11.8 Å². The van der Waals surface area contributed by atoms with E-state index in [4.69, 9.17) is 0 Å². The Hall–Kier alpha value is -0.540. The van der Waals surface area contributed by atoms with Crippen LogP contribution in [-0.2, 0) is 0 Å². The van der Waals surface area contributed by atoms with Crippen LogP contribution in [0.15, 0.2) is 23.4 Å². The normalized spacial score (nSPS) is 13.1. The van der Waals surface area contributed by atoms with Crippen molar-refractivity contribution in [3.8, 4) is 0 Å². The van der Waals surface area contributed by atoms with Gasteiger partial charge in [-0.1, -0.05) is 19.9 Å². The molecule has 0 amide bonds. The maximum absolute atomic E-state index is 9.32. The molecule has 1 heterocycles. The van der Waals surface area contributed by atoms with Gasteiger partial charge in [0.25, 0.3) is 0 Å². The molecular weight excluding hydrogens is 206 g/mol. The highest BCUT2D eigenvalue weighted by molar-refractivity contribution is 7.99. The summed E-state index contributed by atoms with van der Waals surface area (Å²) in [4.78, 5) is 4.30. The lowest BCUT2D eigenvalue weighted by Gasteiger charge is -2.06. The molecule has 3 heteroatoms. The first-order valence-corrected chi connectivity index (χ1v) is 6.35. The van der Waals surface area contributed by atoms with Crippen LogP contribution in [0.25, 0.3) is 0 Å². The number of aliphatic hydroxyl groups is 1. The molecule has 1 N–H and O–H groups in total. The molecule has 2 nitrogen and oxygen atoms in total. The molecule has 0 saturated carbocycles. The van der Waals surface area contributed by atoms with Gasteiger partial charge in [0.1, 0.15) is 0 Å². The Morgan fingerprint density at radius 3 is 2.53 bits per heavy atom. The molecule has 1 atom stereocenters. The lowest BCUT2D eigenvalue weighted by molar-refractivity contribution is 0.198. The Morgan fingerprint density at radius 1 is 1.33 bits per heavy atom. The van der Waals surface area contributed by atoms with E-state index >= 15 is 0 Å². The zero-order valence-corrected chi connectivity index (χ0v) is 10.4. The molecule has 0 aromatic carbocycles. The van der Waals surface area contributed by atoms with E-state index in [0.717, 1.165) is 22.3 Å². The van der Waals surface area contributed by atoms with E-state index in [1.165, 1.54) is 6.42 Å². The number of nitrogens with zero attached hydrogens (tertiary/aromatic N) is 1. The van der Waals surface area contributed by atoms with E-state index in [9.17, 15) is 5.11 Å². The van der Waals surface area contributed by atoms with E-state index in [2.05, 4.69) is 18.8 Å². The van der Waals surface area contributed by atoms with Gasteiger partial charge >= 0.3 is 0 Å². The quantitative estimate of drug-likeness (QED) is 0.781. The first kappa shape index (κ1) is 12.5. The molecule has 0 unspecified atom stereocenters. The fourth-order valence-electron chi connectivity index (χ4n) is 1.12. The smallest absolute Gasteiger partial charge is 0.0960 e. The Morgan fingerprint density at radius 2 is 2.07 bits per heavy atom. The van der Waals surface area contributed by atoms with Crippen molar-refractivity contribution >= 4 is 11.8 Å². The van der Waals surface area contributed by atoms with Crippen LogP contribution >= 0.6 is 11.8 Å². The van der Waals surface area contributed by atoms with Crippen molar-refractivity contribution in [2.45, 2.75) is 38.3 Å². The summed E-state index contributed by atoms with van der Waals surface area (Å²) in [5.74, 6) is 1.85. The molecule has 1 aromatic rings. The second kappa shape index (κ2) is 6.13. The second-order valence-electron chi connectivity index (χ2n) is 4.14. The number of aliphatic hydroxyl groups excluding tert-OH is 1. The van der Waals surface area contributed by atoms with Crippen LogP contribution in [0.2, 0.25) is 0 Å². The Kier molecular flexibility index (Phi) is 5.12. The van der Waals surface area contributed by atoms with Gasteiger partial charge in [-0.05, 0) is 36.6 Å². The standard InChI is InChI=1S/C12H19NOS/c1-9(2)6-7-15-12-5-4-11(8-13-12)10(3)14/h4-5,8-10,14H,6-7H2,1-3H3/t10-/m1/s1. The van der Waals surface area contributed by atoms with E-state index in [1.807, 2.05) is 12.1 Å². The van der Waals surface area contributed by atoms with Gasteiger partial charge in [0.2, 0.25) is 0 Å². The van der Waals surface area contributed by atoms with Crippen LogP contribution in [0, 0.1) is 5.92 Å². The largest absolute Gasteiger partial charge is 0.389 e. The van der Waals surface area contributed by atoms with Crippen molar-refractivity contribution in [3.05, 3.63) is 23.9 Å². The average Bonchev–Trinajstić information content (AvgIpc) is 2.18. The Labute approximate surface area is 96.1 Å². The molecule has 0 aliphatic carbocycles. The monoisotopic (exact) mass is 225 g/mol. The number of hydrogen-bond acceptors (Lipinski definition) is 3. The molecular formula is C12H19NOS. The molecule has 15 heavy (non-hydrogen) atoms. The molecule has 0 fully saturated rings. The van der Waals surface area contributed by atoms with Crippen molar-refractivity contribution in [2.75, 3.05) is 5.75 Å². The lowest BCUT2D eigenvalue weighted by Crippen LogP contribution is -1.93.